The van der Waals surface area contributed by atoms with Crippen LogP contribution >= 0.6 is 0 Å². The molecule has 0 fully saturated rings. The van der Waals surface area contributed by atoms with Crippen molar-refractivity contribution in [2.24, 2.45) is 0 Å². The molecule has 0 amide bonds. The molecule has 19 heavy (non-hydrogen) atoms. The predicted molar refractivity (Wildman–Crippen MR) is 76.2 cm³/mol. The second-order valence-electron chi connectivity index (χ2n) is 4.47. The Labute approximate surface area is 113 Å². The number of benzene rings is 1. The van der Waals surface area contributed by atoms with E-state index in [1.807, 2.05) is 38.5 Å². The Balaban J connectivity index is 2.25. The van der Waals surface area contributed by atoms with Gasteiger partial charge in [-0.2, -0.15) is 0 Å². The van der Waals surface area contributed by atoms with Crippen molar-refractivity contribution >= 4 is 11.5 Å². The van der Waals surface area contributed by atoms with Crippen molar-refractivity contribution in [1.29, 1.82) is 0 Å². The first-order valence-electron chi connectivity index (χ1n) is 6.25. The Kier molecular flexibility index (Phi) is 4.12. The van der Waals surface area contributed by atoms with Crippen molar-refractivity contribution in [3.8, 4) is 0 Å². The maximum atomic E-state index is 13.7. The average Bonchev–Trinajstić information content (AvgIpc) is 2.46. The standard InChI is InChI=1S/C15H18FN3/c1-11(17-2)12-8-9-15(18-10-12)19(3)14-7-5-4-6-13(14)16/h4-11,17H,1-3H3. The van der Waals surface area contributed by atoms with E-state index in [-0.39, 0.29) is 11.9 Å². The first-order chi connectivity index (χ1) is 9.13. The van der Waals surface area contributed by atoms with E-state index in [9.17, 15) is 4.39 Å². The number of halogens is 1. The minimum Gasteiger partial charge on any atom is -0.327 e. The summed E-state index contributed by atoms with van der Waals surface area (Å²) in [5.41, 5.74) is 1.62. The summed E-state index contributed by atoms with van der Waals surface area (Å²) in [5.74, 6) is 0.469. The molecule has 1 heterocycles. The first kappa shape index (κ1) is 13.5. The SMILES string of the molecule is CNC(C)c1ccc(N(C)c2ccccc2F)nc1. The largest absolute Gasteiger partial charge is 0.327 e. The fourth-order valence-electron chi connectivity index (χ4n) is 1.87. The maximum absolute atomic E-state index is 13.7. The van der Waals surface area contributed by atoms with Gasteiger partial charge in [0.05, 0.1) is 5.69 Å². The lowest BCUT2D eigenvalue weighted by molar-refractivity contribution is 0.627. The summed E-state index contributed by atoms with van der Waals surface area (Å²) in [6.45, 7) is 2.07. The van der Waals surface area contributed by atoms with Crippen LogP contribution < -0.4 is 10.2 Å². The average molecular weight is 259 g/mol. The number of hydrogen-bond donors (Lipinski definition) is 1. The molecule has 0 aliphatic rings. The highest BCUT2D eigenvalue weighted by molar-refractivity contribution is 5.59. The molecule has 2 aromatic rings. The van der Waals surface area contributed by atoms with E-state index >= 15 is 0 Å². The molecular formula is C15H18FN3. The minimum atomic E-state index is -0.250. The molecular weight excluding hydrogens is 241 g/mol. The summed E-state index contributed by atoms with van der Waals surface area (Å²) in [6, 6.07) is 10.8. The normalized spacial score (nSPS) is 12.2. The topological polar surface area (TPSA) is 28.2 Å². The molecule has 3 nitrogen and oxygen atoms in total. The molecule has 1 unspecified atom stereocenters. The quantitative estimate of drug-likeness (QED) is 0.913. The van der Waals surface area contributed by atoms with Crippen molar-refractivity contribution in [1.82, 2.24) is 10.3 Å². The summed E-state index contributed by atoms with van der Waals surface area (Å²) in [7, 11) is 3.71. The molecule has 1 N–H and O–H groups in total. The van der Waals surface area contributed by atoms with Gasteiger partial charge in [-0.05, 0) is 37.7 Å². The van der Waals surface area contributed by atoms with E-state index in [2.05, 4.69) is 17.2 Å². The van der Waals surface area contributed by atoms with Gasteiger partial charge < -0.3 is 10.2 Å². The fraction of sp³-hybridized carbons (Fsp3) is 0.267. The summed E-state index contributed by atoms with van der Waals surface area (Å²) in [5, 5.41) is 3.16. The molecule has 2 rings (SSSR count). The molecule has 1 aromatic carbocycles. The maximum Gasteiger partial charge on any atom is 0.146 e. The Bertz CT molecular complexity index is 539. The van der Waals surface area contributed by atoms with Gasteiger partial charge in [0.25, 0.3) is 0 Å². The van der Waals surface area contributed by atoms with Crippen LogP contribution in [0.3, 0.4) is 0 Å². The number of nitrogens with one attached hydrogen (secondary N) is 1. The number of hydrogen-bond acceptors (Lipinski definition) is 3. The van der Waals surface area contributed by atoms with Crippen LogP contribution in [0.4, 0.5) is 15.9 Å². The highest BCUT2D eigenvalue weighted by atomic mass is 19.1. The second-order valence-corrected chi connectivity index (χ2v) is 4.47. The summed E-state index contributed by atoms with van der Waals surface area (Å²) in [6.07, 6.45) is 1.81. The molecule has 0 bridgehead atoms. The molecule has 0 aliphatic carbocycles. The van der Waals surface area contributed by atoms with Gasteiger partial charge in [0, 0.05) is 19.3 Å². The Morgan fingerprint density at radius 3 is 2.53 bits per heavy atom. The van der Waals surface area contributed by atoms with Gasteiger partial charge in [0.15, 0.2) is 0 Å². The Hall–Kier alpha value is -1.94. The zero-order valence-corrected chi connectivity index (χ0v) is 11.4. The first-order valence-corrected chi connectivity index (χ1v) is 6.25. The van der Waals surface area contributed by atoms with Crippen LogP contribution in [0.2, 0.25) is 0 Å². The lowest BCUT2D eigenvalue weighted by Crippen LogP contribution is -2.15. The van der Waals surface area contributed by atoms with E-state index < -0.39 is 0 Å². The number of rotatable bonds is 4. The molecule has 0 spiro atoms. The Morgan fingerprint density at radius 1 is 1.21 bits per heavy atom. The highest BCUT2D eigenvalue weighted by Crippen LogP contribution is 2.24. The minimum absolute atomic E-state index is 0.250. The van der Waals surface area contributed by atoms with Crippen LogP contribution in [0.15, 0.2) is 42.6 Å². The van der Waals surface area contributed by atoms with Crippen LogP contribution in [-0.4, -0.2) is 19.1 Å². The third kappa shape index (κ3) is 2.90. The fourth-order valence-corrected chi connectivity index (χ4v) is 1.87. The van der Waals surface area contributed by atoms with Gasteiger partial charge in [-0.1, -0.05) is 18.2 Å². The number of aromatic nitrogens is 1. The number of pyridine rings is 1. The Morgan fingerprint density at radius 2 is 1.95 bits per heavy atom. The second kappa shape index (κ2) is 5.80. The van der Waals surface area contributed by atoms with Crippen molar-refractivity contribution < 1.29 is 4.39 Å². The molecule has 0 aliphatic heterocycles. The molecule has 100 valence electrons. The van der Waals surface area contributed by atoms with Crippen LogP contribution in [0.25, 0.3) is 0 Å². The van der Waals surface area contributed by atoms with Gasteiger partial charge in [0.1, 0.15) is 11.6 Å². The predicted octanol–water partition coefficient (Wildman–Crippen LogP) is 3.27. The van der Waals surface area contributed by atoms with Crippen LogP contribution in [-0.2, 0) is 0 Å². The van der Waals surface area contributed by atoms with E-state index in [0.717, 1.165) is 11.4 Å². The van der Waals surface area contributed by atoms with Gasteiger partial charge in [0.2, 0.25) is 0 Å². The van der Waals surface area contributed by atoms with E-state index in [1.54, 1.807) is 17.0 Å². The number of anilines is 2. The van der Waals surface area contributed by atoms with E-state index in [0.29, 0.717) is 5.69 Å². The summed E-state index contributed by atoms with van der Waals surface area (Å²) < 4.78 is 13.7. The van der Waals surface area contributed by atoms with Gasteiger partial charge in [-0.25, -0.2) is 9.37 Å². The number of nitrogens with zero attached hydrogens (tertiary/aromatic N) is 2. The summed E-state index contributed by atoms with van der Waals surface area (Å²) in [4.78, 5) is 6.12. The van der Waals surface area contributed by atoms with Crippen LogP contribution in [0.1, 0.15) is 18.5 Å². The lowest BCUT2D eigenvalue weighted by atomic mass is 10.1. The molecule has 1 aromatic heterocycles. The third-order valence-corrected chi connectivity index (χ3v) is 3.26. The van der Waals surface area contributed by atoms with Crippen molar-refractivity contribution in [2.45, 2.75) is 13.0 Å². The lowest BCUT2D eigenvalue weighted by Gasteiger charge is -2.19. The number of para-hydroxylation sites is 1. The molecule has 0 radical (unpaired) electrons. The van der Waals surface area contributed by atoms with E-state index in [4.69, 9.17) is 0 Å². The highest BCUT2D eigenvalue weighted by Gasteiger charge is 2.10. The van der Waals surface area contributed by atoms with Crippen molar-refractivity contribution in [3.63, 3.8) is 0 Å². The van der Waals surface area contributed by atoms with Crippen LogP contribution in [0.5, 0.6) is 0 Å². The van der Waals surface area contributed by atoms with Gasteiger partial charge in [-0.3, -0.25) is 0 Å². The molecule has 4 heteroatoms. The third-order valence-electron chi connectivity index (χ3n) is 3.26. The van der Waals surface area contributed by atoms with Crippen molar-refractivity contribution in [3.05, 3.63) is 54.0 Å². The zero-order chi connectivity index (χ0) is 13.8. The van der Waals surface area contributed by atoms with Crippen LogP contribution in [0, 0.1) is 5.82 Å². The molecule has 1 atom stereocenters. The van der Waals surface area contributed by atoms with E-state index in [1.165, 1.54) is 6.07 Å². The van der Waals surface area contributed by atoms with Crippen molar-refractivity contribution in [2.75, 3.05) is 19.0 Å². The van der Waals surface area contributed by atoms with Gasteiger partial charge >= 0.3 is 0 Å². The van der Waals surface area contributed by atoms with Gasteiger partial charge in [-0.15, -0.1) is 0 Å². The zero-order valence-electron chi connectivity index (χ0n) is 11.4. The monoisotopic (exact) mass is 259 g/mol. The molecule has 0 saturated heterocycles. The summed E-state index contributed by atoms with van der Waals surface area (Å²) >= 11 is 0. The smallest absolute Gasteiger partial charge is 0.146 e. The molecule has 0 saturated carbocycles.